The van der Waals surface area contributed by atoms with Gasteiger partial charge >= 0.3 is 0 Å². The van der Waals surface area contributed by atoms with Gasteiger partial charge in [0.15, 0.2) is 0 Å². The van der Waals surface area contributed by atoms with Crippen LogP contribution in [0.15, 0.2) is 52.2 Å². The third-order valence-electron chi connectivity index (χ3n) is 6.12. The number of aromatic nitrogens is 2. The lowest BCUT2D eigenvalue weighted by Crippen LogP contribution is -2.32. The van der Waals surface area contributed by atoms with E-state index in [2.05, 4.69) is 9.97 Å². The summed E-state index contributed by atoms with van der Waals surface area (Å²) in [6.07, 6.45) is 5.14. The van der Waals surface area contributed by atoms with E-state index in [-0.39, 0.29) is 5.75 Å². The molecule has 0 atom stereocenters. The molecule has 3 aromatic heterocycles. The lowest BCUT2D eigenvalue weighted by Gasteiger charge is -2.24. The Hall–Kier alpha value is -2.25. The third-order valence-corrected chi connectivity index (χ3v) is 11.2. The minimum atomic E-state index is -3.67. The number of hydrogen-bond donors (Lipinski definition) is 1. The van der Waals surface area contributed by atoms with E-state index in [1.54, 1.807) is 21.8 Å². The molecule has 12 heteroatoms. The molecule has 192 valence electrons. The second kappa shape index (κ2) is 9.90. The molecular formula is C24H28N4O4S4. The molecule has 1 fully saturated rings. The van der Waals surface area contributed by atoms with Crippen LogP contribution in [0.1, 0.15) is 17.7 Å². The van der Waals surface area contributed by atoms with E-state index in [0.29, 0.717) is 35.4 Å². The Bertz CT molecular complexity index is 1570. The average Bonchev–Trinajstić information content (AvgIpc) is 3.23. The lowest BCUT2D eigenvalue weighted by atomic mass is 10.2. The number of sulfonamides is 1. The minimum Gasteiger partial charge on any atom is -0.351 e. The number of nitrogens with one attached hydrogen (secondary N) is 1. The van der Waals surface area contributed by atoms with Crippen molar-refractivity contribution in [2.24, 2.45) is 5.92 Å². The van der Waals surface area contributed by atoms with E-state index in [0.717, 1.165) is 39.3 Å². The number of H-pyrrole nitrogens is 1. The normalized spacial score (nSPS) is 14.6. The highest BCUT2D eigenvalue weighted by atomic mass is 32.2. The summed E-state index contributed by atoms with van der Waals surface area (Å²) in [6.45, 7) is 1.53. The zero-order valence-corrected chi connectivity index (χ0v) is 23.3. The minimum absolute atomic E-state index is 0.117. The summed E-state index contributed by atoms with van der Waals surface area (Å²) < 4.78 is 51.9. The molecule has 4 aromatic rings. The summed E-state index contributed by atoms with van der Waals surface area (Å²) in [5.41, 5.74) is 2.25. The highest BCUT2D eigenvalue weighted by molar-refractivity contribution is 7.94. The van der Waals surface area contributed by atoms with Crippen LogP contribution in [0.4, 0.5) is 5.69 Å². The van der Waals surface area contributed by atoms with Gasteiger partial charge in [-0.05, 0) is 49.4 Å². The second-order valence-corrected chi connectivity index (χ2v) is 15.7. The first kappa shape index (κ1) is 25.4. The fourth-order valence-electron chi connectivity index (χ4n) is 4.01. The molecular weight excluding hydrogens is 537 g/mol. The number of para-hydroxylation sites is 1. The summed E-state index contributed by atoms with van der Waals surface area (Å²) in [5.74, 6) is 0.497. The fourth-order valence-corrected chi connectivity index (χ4v) is 8.28. The van der Waals surface area contributed by atoms with E-state index in [4.69, 9.17) is 0 Å². The molecule has 8 nitrogen and oxygen atoms in total. The zero-order chi connectivity index (χ0) is 25.5. The van der Waals surface area contributed by atoms with Crippen LogP contribution in [0.25, 0.3) is 21.6 Å². The number of thiophene rings is 1. The van der Waals surface area contributed by atoms with E-state index in [1.807, 2.05) is 42.4 Å². The average molecular weight is 565 g/mol. The number of fused-ring (bicyclic) bond motifs is 1. The maximum Gasteiger partial charge on any atom is 0.273 e. The Morgan fingerprint density at radius 3 is 2.64 bits per heavy atom. The van der Waals surface area contributed by atoms with Crippen molar-refractivity contribution < 1.29 is 16.8 Å². The van der Waals surface area contributed by atoms with Crippen LogP contribution < -0.4 is 4.31 Å². The summed E-state index contributed by atoms with van der Waals surface area (Å²) in [6, 6.07) is 11.1. The standard InChI is InChI=1S/C24H28N4O4S4/c1-27(10-12-35(2,29)30)16-19-14-25-24(34-19)20-13-18-5-3-6-21(23(18)26-20)28(15-17-8-9-17)36(31,32)22-7-4-11-33-22/h3-7,11,13-14,17,26H,8-10,12,15-16H2,1-2H3. The fraction of sp³-hybridized carbons (Fsp3) is 0.375. The van der Waals surface area contributed by atoms with Gasteiger partial charge in [-0.2, -0.15) is 0 Å². The molecule has 0 unspecified atom stereocenters. The van der Waals surface area contributed by atoms with Crippen LogP contribution in [0.2, 0.25) is 0 Å². The number of benzene rings is 1. The topological polar surface area (TPSA) is 103 Å². The van der Waals surface area contributed by atoms with Crippen LogP contribution >= 0.6 is 22.7 Å². The Balaban J connectivity index is 1.44. The van der Waals surface area contributed by atoms with Crippen molar-refractivity contribution in [3.63, 3.8) is 0 Å². The van der Waals surface area contributed by atoms with Gasteiger partial charge in [0.1, 0.15) is 19.1 Å². The molecule has 0 aliphatic heterocycles. The molecule has 3 heterocycles. The van der Waals surface area contributed by atoms with E-state index >= 15 is 0 Å². The molecule has 36 heavy (non-hydrogen) atoms. The molecule has 1 aliphatic rings. The Kier molecular flexibility index (Phi) is 6.98. The highest BCUT2D eigenvalue weighted by Gasteiger charge is 2.33. The number of rotatable bonds is 11. The van der Waals surface area contributed by atoms with Gasteiger partial charge in [-0.25, -0.2) is 21.8 Å². The third kappa shape index (κ3) is 5.67. The summed E-state index contributed by atoms with van der Waals surface area (Å²) in [5, 5.41) is 3.51. The molecule has 0 radical (unpaired) electrons. The van der Waals surface area contributed by atoms with Gasteiger partial charge in [-0.15, -0.1) is 22.7 Å². The Labute approximate surface area is 219 Å². The molecule has 5 rings (SSSR count). The van der Waals surface area contributed by atoms with Gasteiger partial charge < -0.3 is 9.88 Å². The Morgan fingerprint density at radius 2 is 1.94 bits per heavy atom. The van der Waals surface area contributed by atoms with Crippen LogP contribution in [0.3, 0.4) is 0 Å². The van der Waals surface area contributed by atoms with Crippen LogP contribution in [0, 0.1) is 5.92 Å². The molecule has 1 aromatic carbocycles. The highest BCUT2D eigenvalue weighted by Crippen LogP contribution is 2.39. The molecule has 0 spiro atoms. The monoisotopic (exact) mass is 564 g/mol. The first-order chi connectivity index (χ1) is 17.1. The number of anilines is 1. The maximum atomic E-state index is 13.6. The van der Waals surface area contributed by atoms with Crippen molar-refractivity contribution >= 4 is 59.1 Å². The number of sulfone groups is 1. The predicted molar refractivity (Wildman–Crippen MR) is 147 cm³/mol. The number of hydrogen-bond acceptors (Lipinski definition) is 8. The molecule has 1 saturated carbocycles. The molecule has 0 saturated heterocycles. The smallest absolute Gasteiger partial charge is 0.273 e. The van der Waals surface area contributed by atoms with Crippen molar-refractivity contribution in [2.75, 3.05) is 36.5 Å². The van der Waals surface area contributed by atoms with Crippen molar-refractivity contribution in [1.82, 2.24) is 14.9 Å². The van der Waals surface area contributed by atoms with Gasteiger partial charge in [-0.1, -0.05) is 18.2 Å². The van der Waals surface area contributed by atoms with Gasteiger partial charge in [-0.3, -0.25) is 4.31 Å². The van der Waals surface area contributed by atoms with Crippen molar-refractivity contribution in [3.05, 3.63) is 52.9 Å². The second-order valence-electron chi connectivity index (χ2n) is 9.34. The van der Waals surface area contributed by atoms with Crippen molar-refractivity contribution in [2.45, 2.75) is 23.6 Å². The van der Waals surface area contributed by atoms with Gasteiger partial charge in [0.25, 0.3) is 10.0 Å². The molecule has 0 bridgehead atoms. The van der Waals surface area contributed by atoms with Crippen LogP contribution in [-0.2, 0) is 26.4 Å². The van der Waals surface area contributed by atoms with E-state index < -0.39 is 19.9 Å². The lowest BCUT2D eigenvalue weighted by molar-refractivity contribution is 0.349. The quantitative estimate of drug-likeness (QED) is 0.289. The van der Waals surface area contributed by atoms with Gasteiger partial charge in [0.05, 0.1) is 22.7 Å². The SMILES string of the molecule is CN(CCS(C)(=O)=O)Cc1cnc(-c2cc3cccc(N(CC4CC4)S(=O)(=O)c4cccs4)c3[nH]2)s1. The number of nitrogens with zero attached hydrogens (tertiary/aromatic N) is 3. The van der Waals surface area contributed by atoms with E-state index in [1.165, 1.54) is 28.9 Å². The largest absolute Gasteiger partial charge is 0.351 e. The summed E-state index contributed by atoms with van der Waals surface area (Å²) in [7, 11) is -4.79. The van der Waals surface area contributed by atoms with Gasteiger partial charge in [0, 0.05) is 42.4 Å². The molecule has 1 N–H and O–H groups in total. The van der Waals surface area contributed by atoms with E-state index in [9.17, 15) is 16.8 Å². The maximum absolute atomic E-state index is 13.6. The predicted octanol–water partition coefficient (Wildman–Crippen LogP) is 4.43. The van der Waals surface area contributed by atoms with Crippen molar-refractivity contribution in [1.29, 1.82) is 0 Å². The van der Waals surface area contributed by atoms with Crippen molar-refractivity contribution in [3.8, 4) is 10.7 Å². The van der Waals surface area contributed by atoms with Crippen LogP contribution in [0.5, 0.6) is 0 Å². The molecule has 0 amide bonds. The number of aromatic amines is 1. The van der Waals surface area contributed by atoms with Gasteiger partial charge in [0.2, 0.25) is 0 Å². The number of thiazole rings is 1. The summed E-state index contributed by atoms with van der Waals surface area (Å²) >= 11 is 2.77. The molecule has 1 aliphatic carbocycles. The first-order valence-electron chi connectivity index (χ1n) is 11.6. The Morgan fingerprint density at radius 1 is 1.14 bits per heavy atom. The first-order valence-corrected chi connectivity index (χ1v) is 16.8. The summed E-state index contributed by atoms with van der Waals surface area (Å²) in [4.78, 5) is 11.0. The van der Waals surface area contributed by atoms with Crippen LogP contribution in [-0.4, -0.2) is 63.8 Å². The zero-order valence-electron chi connectivity index (χ0n) is 20.0.